The van der Waals surface area contributed by atoms with Gasteiger partial charge in [-0.2, -0.15) is 0 Å². The maximum Gasteiger partial charge on any atom is 0.293 e. The van der Waals surface area contributed by atoms with Gasteiger partial charge in [0.1, 0.15) is 0 Å². The fraction of sp³-hybridized carbons (Fsp3) is 0.250. The van der Waals surface area contributed by atoms with E-state index in [0.29, 0.717) is 5.69 Å². The lowest BCUT2D eigenvalue weighted by Crippen LogP contribution is -1.96. The molecule has 1 heterocycles. The molecule has 1 rings (SSSR count). The molecule has 5 nitrogen and oxygen atoms in total. The van der Waals surface area contributed by atoms with E-state index in [1.54, 1.807) is 6.92 Å². The Morgan fingerprint density at radius 2 is 2.11 bits per heavy atom. The second-order valence-corrected chi connectivity index (χ2v) is 1.64. The third-order valence-corrected chi connectivity index (χ3v) is 1.03. The van der Waals surface area contributed by atoms with Gasteiger partial charge in [0, 0.05) is 0 Å². The van der Waals surface area contributed by atoms with E-state index in [9.17, 15) is 9.70 Å². The van der Waals surface area contributed by atoms with Crippen molar-refractivity contribution in [2.75, 3.05) is 0 Å². The van der Waals surface area contributed by atoms with Crippen molar-refractivity contribution in [2.24, 2.45) is 5.18 Å². The van der Waals surface area contributed by atoms with E-state index in [1.165, 1.54) is 0 Å². The molecule has 0 atom stereocenters. The fourth-order valence-electron chi connectivity index (χ4n) is 0.549. The summed E-state index contributed by atoms with van der Waals surface area (Å²) in [4.78, 5) is 20.3. The molecule has 5 heteroatoms. The first-order valence-corrected chi connectivity index (χ1v) is 2.36. The predicted molar refractivity (Wildman–Crippen MR) is 31.6 cm³/mol. The number of H-pyrrole nitrogens is 2. The van der Waals surface area contributed by atoms with Crippen LogP contribution >= 0.6 is 0 Å². The Morgan fingerprint density at radius 3 is 2.33 bits per heavy atom. The monoisotopic (exact) mass is 127 g/mol. The Balaban J connectivity index is 3.40. The van der Waals surface area contributed by atoms with Crippen LogP contribution in [0.5, 0.6) is 0 Å². The Labute approximate surface area is 50.0 Å². The van der Waals surface area contributed by atoms with Crippen LogP contribution in [0.2, 0.25) is 0 Å². The Kier molecular flexibility index (Phi) is 1.18. The number of aromatic nitrogens is 2. The number of aromatic amines is 2. The van der Waals surface area contributed by atoms with Crippen molar-refractivity contribution in [1.29, 1.82) is 0 Å². The molecule has 1 aromatic rings. The molecule has 48 valence electrons. The first kappa shape index (κ1) is 5.74. The summed E-state index contributed by atoms with van der Waals surface area (Å²) in [5.74, 6) is 0. The molecule has 0 saturated carbocycles. The second kappa shape index (κ2) is 1.85. The van der Waals surface area contributed by atoms with E-state index in [4.69, 9.17) is 0 Å². The number of nitrogens with one attached hydrogen (secondary N) is 2. The zero-order valence-electron chi connectivity index (χ0n) is 4.76. The molecular weight excluding hydrogens is 122 g/mol. The summed E-state index contributed by atoms with van der Waals surface area (Å²) in [6.45, 7) is 1.59. The number of nitrogens with zero attached hydrogens (tertiary/aromatic N) is 1. The van der Waals surface area contributed by atoms with E-state index in [-0.39, 0.29) is 5.69 Å². The van der Waals surface area contributed by atoms with Crippen LogP contribution in [0.4, 0.5) is 5.69 Å². The van der Waals surface area contributed by atoms with Crippen LogP contribution in [0.3, 0.4) is 0 Å². The first-order chi connectivity index (χ1) is 4.25. The molecular formula is C4H5N3O2. The highest BCUT2D eigenvalue weighted by atomic mass is 16.3. The number of hydrogen-bond donors (Lipinski definition) is 2. The average molecular weight is 127 g/mol. The Bertz CT molecular complexity index is 272. The van der Waals surface area contributed by atoms with E-state index < -0.39 is 5.56 Å². The molecule has 0 aliphatic heterocycles. The summed E-state index contributed by atoms with van der Waals surface area (Å²) < 4.78 is 0. The molecule has 0 bridgehead atoms. The minimum absolute atomic E-state index is 0.0741. The highest BCUT2D eigenvalue weighted by molar-refractivity contribution is 5.37. The summed E-state index contributed by atoms with van der Waals surface area (Å²) in [6.07, 6.45) is 0. The van der Waals surface area contributed by atoms with Crippen LogP contribution in [0, 0.1) is 11.8 Å². The van der Waals surface area contributed by atoms with Gasteiger partial charge in [-0.1, -0.05) is 0 Å². The predicted octanol–water partition coefficient (Wildman–Crippen LogP) is 0.409. The topological polar surface area (TPSA) is 78.1 Å². The van der Waals surface area contributed by atoms with Crippen LogP contribution in [0.1, 0.15) is 5.69 Å². The quantitative estimate of drug-likeness (QED) is 0.536. The standard InChI is InChI=1S/C4H5N3O2/c1-2-3(7-9)4(8)6-5-2/h1H3,(H2,5,6,8). The molecule has 9 heavy (non-hydrogen) atoms. The summed E-state index contributed by atoms with van der Waals surface area (Å²) in [5.41, 5.74) is -0.0764. The lowest BCUT2D eigenvalue weighted by atomic mass is 10.4. The van der Waals surface area contributed by atoms with Crippen molar-refractivity contribution in [3.05, 3.63) is 21.0 Å². The lowest BCUT2D eigenvalue weighted by molar-refractivity contribution is 1.02. The van der Waals surface area contributed by atoms with Crippen LogP contribution < -0.4 is 5.56 Å². The van der Waals surface area contributed by atoms with Gasteiger partial charge in [-0.15, -0.1) is 4.91 Å². The molecule has 0 unspecified atom stereocenters. The zero-order chi connectivity index (χ0) is 6.85. The number of hydrogen-bond acceptors (Lipinski definition) is 3. The van der Waals surface area contributed by atoms with Gasteiger partial charge in [-0.3, -0.25) is 9.89 Å². The van der Waals surface area contributed by atoms with E-state index >= 15 is 0 Å². The molecule has 2 N–H and O–H groups in total. The molecule has 0 spiro atoms. The van der Waals surface area contributed by atoms with Crippen molar-refractivity contribution >= 4 is 5.69 Å². The number of aryl methyl sites for hydroxylation is 1. The SMILES string of the molecule is Cc1[nH][nH]c(=O)c1N=O. The highest BCUT2D eigenvalue weighted by Crippen LogP contribution is 2.05. The summed E-state index contributed by atoms with van der Waals surface area (Å²) in [7, 11) is 0. The smallest absolute Gasteiger partial charge is 0.293 e. The molecule has 0 saturated heterocycles. The largest absolute Gasteiger partial charge is 0.300 e. The fourth-order valence-corrected chi connectivity index (χ4v) is 0.549. The minimum Gasteiger partial charge on any atom is -0.300 e. The van der Waals surface area contributed by atoms with Crippen molar-refractivity contribution in [2.45, 2.75) is 6.92 Å². The van der Waals surface area contributed by atoms with Crippen molar-refractivity contribution < 1.29 is 0 Å². The first-order valence-electron chi connectivity index (χ1n) is 2.36. The molecule has 1 aromatic heterocycles. The third-order valence-electron chi connectivity index (χ3n) is 1.03. The van der Waals surface area contributed by atoms with Gasteiger partial charge in [0.25, 0.3) is 5.56 Å². The summed E-state index contributed by atoms with van der Waals surface area (Å²) >= 11 is 0. The van der Waals surface area contributed by atoms with Gasteiger partial charge in [-0.25, -0.2) is 0 Å². The Hall–Kier alpha value is -1.39. The van der Waals surface area contributed by atoms with Crippen LogP contribution in [-0.4, -0.2) is 10.2 Å². The van der Waals surface area contributed by atoms with Gasteiger partial charge in [0.15, 0.2) is 5.69 Å². The minimum atomic E-state index is -0.470. The van der Waals surface area contributed by atoms with Crippen LogP contribution in [0.15, 0.2) is 9.97 Å². The molecule has 0 radical (unpaired) electrons. The summed E-state index contributed by atoms with van der Waals surface area (Å²) in [6, 6.07) is 0. The maximum absolute atomic E-state index is 10.5. The van der Waals surface area contributed by atoms with Crippen molar-refractivity contribution in [1.82, 2.24) is 10.2 Å². The zero-order valence-corrected chi connectivity index (χ0v) is 4.76. The van der Waals surface area contributed by atoms with E-state index in [0.717, 1.165) is 0 Å². The van der Waals surface area contributed by atoms with Gasteiger partial charge < -0.3 is 5.10 Å². The van der Waals surface area contributed by atoms with Crippen LogP contribution in [-0.2, 0) is 0 Å². The molecule has 0 fully saturated rings. The van der Waals surface area contributed by atoms with Gasteiger partial charge >= 0.3 is 0 Å². The van der Waals surface area contributed by atoms with Gasteiger partial charge in [-0.05, 0) is 12.1 Å². The average Bonchev–Trinajstić information content (AvgIpc) is 2.12. The Morgan fingerprint density at radius 1 is 1.44 bits per heavy atom. The third kappa shape index (κ3) is 0.758. The molecule has 0 aliphatic rings. The lowest BCUT2D eigenvalue weighted by Gasteiger charge is -1.76. The van der Waals surface area contributed by atoms with Gasteiger partial charge in [0.05, 0.1) is 5.69 Å². The van der Waals surface area contributed by atoms with Crippen molar-refractivity contribution in [3.8, 4) is 0 Å². The van der Waals surface area contributed by atoms with Crippen molar-refractivity contribution in [3.63, 3.8) is 0 Å². The molecule has 0 amide bonds. The number of rotatable bonds is 1. The summed E-state index contributed by atoms with van der Waals surface area (Å²) in [5, 5.41) is 7.17. The molecule has 0 aliphatic carbocycles. The normalized spacial score (nSPS) is 9.44. The second-order valence-electron chi connectivity index (χ2n) is 1.64. The maximum atomic E-state index is 10.5. The van der Waals surface area contributed by atoms with E-state index in [1.807, 2.05) is 0 Å². The van der Waals surface area contributed by atoms with E-state index in [2.05, 4.69) is 15.4 Å². The van der Waals surface area contributed by atoms with Gasteiger partial charge in [0.2, 0.25) is 0 Å². The molecule has 0 aromatic carbocycles. The highest BCUT2D eigenvalue weighted by Gasteiger charge is 2.03. The number of nitroso groups, excluding NO2 is 1. The van der Waals surface area contributed by atoms with Crippen LogP contribution in [0.25, 0.3) is 0 Å².